The van der Waals surface area contributed by atoms with Gasteiger partial charge in [0.2, 0.25) is 0 Å². The van der Waals surface area contributed by atoms with Crippen LogP contribution < -0.4 is 5.73 Å². The van der Waals surface area contributed by atoms with Gasteiger partial charge >= 0.3 is 0 Å². The topological polar surface area (TPSA) is 43.4 Å². The second-order valence-corrected chi connectivity index (χ2v) is 4.46. The maximum Gasteiger partial charge on any atom is 0.113 e. The normalized spacial score (nSPS) is 17.9. The van der Waals surface area contributed by atoms with E-state index in [4.69, 9.17) is 22.1 Å². The number of nitrogens with zero attached hydrogens (tertiary/aromatic N) is 2. The predicted molar refractivity (Wildman–Crippen MR) is 64.4 cm³/mol. The molecule has 16 heavy (non-hydrogen) atoms. The molecular weight excluding hydrogens is 226 g/mol. The van der Waals surface area contributed by atoms with Crippen molar-refractivity contribution < 1.29 is 4.74 Å². The Morgan fingerprint density at radius 1 is 1.44 bits per heavy atom. The highest BCUT2D eigenvalue weighted by molar-refractivity contribution is 6.30. The standard InChI is InChI=1S/C11H18ClN3O/c1-14-10(7-13)6-9(11(14)12)8-15-2-4-16-5-3-15/h6H,2-5,7-8,13H2,1H3. The third-order valence-corrected chi connectivity index (χ3v) is 3.53. The van der Waals surface area contributed by atoms with Crippen molar-refractivity contribution in [1.82, 2.24) is 9.47 Å². The minimum absolute atomic E-state index is 0.527. The Morgan fingerprint density at radius 2 is 2.12 bits per heavy atom. The van der Waals surface area contributed by atoms with E-state index in [1.807, 2.05) is 11.6 Å². The van der Waals surface area contributed by atoms with Gasteiger partial charge in [-0.1, -0.05) is 11.6 Å². The highest BCUT2D eigenvalue weighted by Gasteiger charge is 2.15. The molecule has 0 unspecified atom stereocenters. The third kappa shape index (κ3) is 2.40. The van der Waals surface area contributed by atoms with E-state index < -0.39 is 0 Å². The van der Waals surface area contributed by atoms with Crippen molar-refractivity contribution in [3.8, 4) is 0 Å². The van der Waals surface area contributed by atoms with Crippen LogP contribution in [0.15, 0.2) is 6.07 Å². The van der Waals surface area contributed by atoms with Crippen LogP contribution in [0, 0.1) is 0 Å². The molecule has 1 saturated heterocycles. The number of ether oxygens (including phenoxy) is 1. The maximum absolute atomic E-state index is 6.26. The average Bonchev–Trinajstić information content (AvgIpc) is 2.58. The van der Waals surface area contributed by atoms with Crippen molar-refractivity contribution in [3.05, 3.63) is 22.5 Å². The van der Waals surface area contributed by atoms with Gasteiger partial charge in [0.1, 0.15) is 5.15 Å². The number of morpholine rings is 1. The zero-order chi connectivity index (χ0) is 11.5. The lowest BCUT2D eigenvalue weighted by Gasteiger charge is -2.26. The summed E-state index contributed by atoms with van der Waals surface area (Å²) in [5.74, 6) is 0. The van der Waals surface area contributed by atoms with Gasteiger partial charge in [0, 0.05) is 44.5 Å². The molecule has 1 aliphatic rings. The molecule has 2 N–H and O–H groups in total. The molecule has 0 amide bonds. The van der Waals surface area contributed by atoms with Crippen LogP contribution in [0.2, 0.25) is 5.15 Å². The summed E-state index contributed by atoms with van der Waals surface area (Å²) >= 11 is 6.26. The zero-order valence-corrected chi connectivity index (χ0v) is 10.3. The maximum atomic E-state index is 6.26. The van der Waals surface area contributed by atoms with E-state index in [-0.39, 0.29) is 0 Å². The molecule has 5 heteroatoms. The van der Waals surface area contributed by atoms with Gasteiger partial charge in [0.25, 0.3) is 0 Å². The van der Waals surface area contributed by atoms with Crippen LogP contribution in [0.4, 0.5) is 0 Å². The molecule has 0 spiro atoms. The molecule has 1 fully saturated rings. The van der Waals surface area contributed by atoms with Crippen molar-refractivity contribution in [2.75, 3.05) is 26.3 Å². The predicted octanol–water partition coefficient (Wildman–Crippen LogP) is 0.969. The molecule has 2 heterocycles. The van der Waals surface area contributed by atoms with Crippen LogP contribution in [0.1, 0.15) is 11.3 Å². The van der Waals surface area contributed by atoms with Gasteiger partial charge in [-0.15, -0.1) is 0 Å². The van der Waals surface area contributed by atoms with Gasteiger partial charge in [-0.3, -0.25) is 4.90 Å². The zero-order valence-electron chi connectivity index (χ0n) is 9.58. The Bertz CT molecular complexity index is 358. The largest absolute Gasteiger partial charge is 0.379 e. The molecule has 0 aromatic carbocycles. The van der Waals surface area contributed by atoms with E-state index in [0.717, 1.165) is 49.3 Å². The Morgan fingerprint density at radius 3 is 2.69 bits per heavy atom. The van der Waals surface area contributed by atoms with Crippen molar-refractivity contribution in [2.24, 2.45) is 12.8 Å². The minimum Gasteiger partial charge on any atom is -0.379 e. The Hall–Kier alpha value is -0.550. The van der Waals surface area contributed by atoms with Crippen LogP contribution >= 0.6 is 11.6 Å². The molecular formula is C11H18ClN3O. The van der Waals surface area contributed by atoms with E-state index in [9.17, 15) is 0 Å². The summed E-state index contributed by atoms with van der Waals surface area (Å²) in [6.45, 7) is 4.99. The number of hydrogen-bond acceptors (Lipinski definition) is 3. The van der Waals surface area contributed by atoms with E-state index in [0.29, 0.717) is 6.54 Å². The SMILES string of the molecule is Cn1c(CN)cc(CN2CCOCC2)c1Cl. The first kappa shape index (κ1) is 11.9. The second-order valence-electron chi connectivity index (χ2n) is 4.10. The lowest BCUT2D eigenvalue weighted by molar-refractivity contribution is 0.0342. The quantitative estimate of drug-likeness (QED) is 0.861. The first-order valence-corrected chi connectivity index (χ1v) is 5.93. The number of hydrogen-bond donors (Lipinski definition) is 1. The molecule has 1 aromatic heterocycles. The fourth-order valence-electron chi connectivity index (χ4n) is 2.01. The smallest absolute Gasteiger partial charge is 0.113 e. The summed E-state index contributed by atoms with van der Waals surface area (Å²) in [5, 5.41) is 0.798. The molecule has 2 rings (SSSR count). The van der Waals surface area contributed by atoms with Crippen molar-refractivity contribution >= 4 is 11.6 Å². The third-order valence-electron chi connectivity index (χ3n) is 3.04. The molecule has 4 nitrogen and oxygen atoms in total. The highest BCUT2D eigenvalue weighted by atomic mass is 35.5. The molecule has 0 aliphatic carbocycles. The molecule has 0 radical (unpaired) electrons. The van der Waals surface area contributed by atoms with Crippen LogP contribution in [-0.4, -0.2) is 35.8 Å². The van der Waals surface area contributed by atoms with Gasteiger partial charge in [-0.2, -0.15) is 0 Å². The van der Waals surface area contributed by atoms with Gasteiger partial charge < -0.3 is 15.0 Å². The highest BCUT2D eigenvalue weighted by Crippen LogP contribution is 2.22. The van der Waals surface area contributed by atoms with Crippen LogP contribution in [0.25, 0.3) is 0 Å². The molecule has 0 bridgehead atoms. The molecule has 1 aliphatic heterocycles. The first-order valence-electron chi connectivity index (χ1n) is 5.55. The van der Waals surface area contributed by atoms with E-state index in [1.54, 1.807) is 0 Å². The van der Waals surface area contributed by atoms with Gasteiger partial charge in [0.15, 0.2) is 0 Å². The summed E-state index contributed by atoms with van der Waals surface area (Å²) in [4.78, 5) is 2.35. The summed E-state index contributed by atoms with van der Waals surface area (Å²) in [6.07, 6.45) is 0. The summed E-state index contributed by atoms with van der Waals surface area (Å²) in [6, 6.07) is 2.10. The van der Waals surface area contributed by atoms with Gasteiger partial charge in [-0.05, 0) is 6.07 Å². The fraction of sp³-hybridized carbons (Fsp3) is 0.636. The van der Waals surface area contributed by atoms with E-state index >= 15 is 0 Å². The number of rotatable bonds is 3. The van der Waals surface area contributed by atoms with Crippen LogP contribution in [-0.2, 0) is 24.9 Å². The van der Waals surface area contributed by atoms with E-state index in [2.05, 4.69) is 11.0 Å². The lowest BCUT2D eigenvalue weighted by atomic mass is 10.2. The monoisotopic (exact) mass is 243 g/mol. The van der Waals surface area contributed by atoms with Crippen molar-refractivity contribution in [2.45, 2.75) is 13.1 Å². The molecule has 0 atom stereocenters. The Balaban J connectivity index is 2.08. The Kier molecular flexibility index (Phi) is 3.86. The van der Waals surface area contributed by atoms with Crippen molar-refractivity contribution in [3.63, 3.8) is 0 Å². The number of halogens is 1. The minimum atomic E-state index is 0.527. The Labute approximate surface area is 101 Å². The fourth-order valence-corrected chi connectivity index (χ4v) is 2.23. The van der Waals surface area contributed by atoms with E-state index in [1.165, 1.54) is 0 Å². The van der Waals surface area contributed by atoms with Crippen molar-refractivity contribution in [1.29, 1.82) is 0 Å². The number of nitrogens with two attached hydrogens (primary N) is 1. The average molecular weight is 244 g/mol. The summed E-state index contributed by atoms with van der Waals surface area (Å²) < 4.78 is 7.27. The number of aromatic nitrogens is 1. The molecule has 0 saturated carbocycles. The second kappa shape index (κ2) is 5.19. The molecule has 90 valence electrons. The van der Waals surface area contributed by atoms with Crippen LogP contribution in [0.3, 0.4) is 0 Å². The first-order chi connectivity index (χ1) is 7.72. The summed E-state index contributed by atoms with van der Waals surface area (Å²) in [7, 11) is 1.95. The van der Waals surface area contributed by atoms with Gasteiger partial charge in [-0.25, -0.2) is 0 Å². The lowest BCUT2D eigenvalue weighted by Crippen LogP contribution is -2.35. The summed E-state index contributed by atoms with van der Waals surface area (Å²) in [5.41, 5.74) is 7.89. The van der Waals surface area contributed by atoms with Gasteiger partial charge in [0.05, 0.1) is 13.2 Å². The van der Waals surface area contributed by atoms with Crippen LogP contribution in [0.5, 0.6) is 0 Å². The molecule has 1 aromatic rings.